The number of hydrogen-bond acceptors (Lipinski definition) is 4. The second-order valence-corrected chi connectivity index (χ2v) is 4.69. The molecule has 7 nitrogen and oxygen atoms in total. The van der Waals surface area contributed by atoms with E-state index in [2.05, 4.69) is 5.32 Å². The highest BCUT2D eigenvalue weighted by atomic mass is 16.3. The van der Waals surface area contributed by atoms with Gasteiger partial charge in [0.1, 0.15) is 6.04 Å². The van der Waals surface area contributed by atoms with Gasteiger partial charge in [-0.1, -0.05) is 0 Å². The summed E-state index contributed by atoms with van der Waals surface area (Å²) in [6, 6.07) is 2.64. The number of carbonyl (C=O) groups is 3. The van der Waals surface area contributed by atoms with Crippen LogP contribution in [-0.2, 0) is 9.59 Å². The van der Waals surface area contributed by atoms with Crippen molar-refractivity contribution in [1.82, 2.24) is 15.1 Å². The van der Waals surface area contributed by atoms with E-state index in [4.69, 9.17) is 4.42 Å². The summed E-state index contributed by atoms with van der Waals surface area (Å²) >= 11 is 0. The van der Waals surface area contributed by atoms with E-state index in [-0.39, 0.29) is 30.0 Å². The molecule has 0 aliphatic carbocycles. The van der Waals surface area contributed by atoms with Gasteiger partial charge in [0, 0.05) is 20.1 Å². The Hall–Kier alpha value is -2.31. The molecule has 1 aromatic heterocycles. The maximum absolute atomic E-state index is 12.2. The number of likely N-dealkylation sites (N-methyl/N-ethyl adjacent to an activating group) is 1. The molecule has 0 saturated carbocycles. The van der Waals surface area contributed by atoms with Gasteiger partial charge in [0.05, 0.1) is 12.8 Å². The quantitative estimate of drug-likeness (QED) is 0.823. The largest absolute Gasteiger partial charge is 0.459 e. The molecule has 1 fully saturated rings. The normalized spacial score (nSPS) is 18.6. The first-order valence-electron chi connectivity index (χ1n) is 6.37. The van der Waals surface area contributed by atoms with E-state index in [1.165, 1.54) is 23.1 Å². The first-order chi connectivity index (χ1) is 9.50. The average Bonchev–Trinajstić information content (AvgIpc) is 2.94. The lowest BCUT2D eigenvalue weighted by atomic mass is 10.2. The van der Waals surface area contributed by atoms with E-state index in [1.54, 1.807) is 19.1 Å². The van der Waals surface area contributed by atoms with Crippen LogP contribution in [0.3, 0.4) is 0 Å². The van der Waals surface area contributed by atoms with Crippen LogP contribution < -0.4 is 5.32 Å². The standard InChI is InChI=1S/C13H17N3O4/c1-9-12(18)14-5-6-16(9)11(17)8-15(2)13(19)10-4-3-7-20-10/h3-4,7,9H,5-6,8H2,1-2H3,(H,14,18). The Balaban J connectivity index is 1.97. The molecule has 1 aliphatic heterocycles. The third-order valence-corrected chi connectivity index (χ3v) is 3.27. The summed E-state index contributed by atoms with van der Waals surface area (Å²) in [6.45, 7) is 2.47. The zero-order valence-corrected chi connectivity index (χ0v) is 11.5. The van der Waals surface area contributed by atoms with E-state index in [9.17, 15) is 14.4 Å². The summed E-state index contributed by atoms with van der Waals surface area (Å²) in [4.78, 5) is 38.4. The van der Waals surface area contributed by atoms with Gasteiger partial charge in [0.15, 0.2) is 5.76 Å². The lowest BCUT2D eigenvalue weighted by Crippen LogP contribution is -2.57. The SMILES string of the molecule is CC1C(=O)NCCN1C(=O)CN(C)C(=O)c1ccco1. The highest BCUT2D eigenvalue weighted by Gasteiger charge is 2.30. The van der Waals surface area contributed by atoms with Crippen molar-refractivity contribution in [3.8, 4) is 0 Å². The van der Waals surface area contributed by atoms with E-state index in [0.717, 1.165) is 0 Å². The Morgan fingerprint density at radius 1 is 1.55 bits per heavy atom. The van der Waals surface area contributed by atoms with Gasteiger partial charge in [-0.3, -0.25) is 14.4 Å². The fraction of sp³-hybridized carbons (Fsp3) is 0.462. The number of piperazine rings is 1. The Kier molecular flexibility index (Phi) is 4.07. The number of nitrogens with zero attached hydrogens (tertiary/aromatic N) is 2. The first-order valence-corrected chi connectivity index (χ1v) is 6.37. The van der Waals surface area contributed by atoms with Crippen molar-refractivity contribution < 1.29 is 18.8 Å². The van der Waals surface area contributed by atoms with Gasteiger partial charge in [0.2, 0.25) is 11.8 Å². The summed E-state index contributed by atoms with van der Waals surface area (Å²) in [7, 11) is 1.53. The predicted octanol–water partition coefficient (Wildman–Crippen LogP) is -0.301. The van der Waals surface area contributed by atoms with Crippen LogP contribution in [0.2, 0.25) is 0 Å². The zero-order chi connectivity index (χ0) is 14.7. The molecule has 0 spiro atoms. The fourth-order valence-corrected chi connectivity index (χ4v) is 2.08. The number of rotatable bonds is 3. The maximum atomic E-state index is 12.2. The van der Waals surface area contributed by atoms with E-state index < -0.39 is 6.04 Å². The van der Waals surface area contributed by atoms with Crippen molar-refractivity contribution >= 4 is 17.7 Å². The minimum Gasteiger partial charge on any atom is -0.459 e. The van der Waals surface area contributed by atoms with Crippen LogP contribution in [0.25, 0.3) is 0 Å². The summed E-state index contributed by atoms with van der Waals surface area (Å²) in [5, 5.41) is 2.69. The van der Waals surface area contributed by atoms with Crippen LogP contribution in [0.4, 0.5) is 0 Å². The van der Waals surface area contributed by atoms with Crippen LogP contribution >= 0.6 is 0 Å². The number of furan rings is 1. The minimum atomic E-state index is -0.511. The van der Waals surface area contributed by atoms with Crippen molar-refractivity contribution in [2.24, 2.45) is 0 Å². The Bertz CT molecular complexity index is 512. The third kappa shape index (κ3) is 2.81. The number of amides is 3. The van der Waals surface area contributed by atoms with E-state index in [1.807, 2.05) is 0 Å². The first kappa shape index (κ1) is 14.1. The molecule has 20 heavy (non-hydrogen) atoms. The number of hydrogen-bond donors (Lipinski definition) is 1. The summed E-state index contributed by atoms with van der Waals surface area (Å²) in [6.07, 6.45) is 1.40. The van der Waals surface area contributed by atoms with Gasteiger partial charge in [-0.05, 0) is 19.1 Å². The third-order valence-electron chi connectivity index (χ3n) is 3.27. The molecule has 1 unspecified atom stereocenters. The Morgan fingerprint density at radius 3 is 2.95 bits per heavy atom. The van der Waals surface area contributed by atoms with Gasteiger partial charge in [-0.2, -0.15) is 0 Å². The van der Waals surface area contributed by atoms with E-state index in [0.29, 0.717) is 13.1 Å². The van der Waals surface area contributed by atoms with Gasteiger partial charge >= 0.3 is 0 Å². The van der Waals surface area contributed by atoms with Gasteiger partial charge in [-0.25, -0.2) is 0 Å². The lowest BCUT2D eigenvalue weighted by molar-refractivity contribution is -0.142. The number of carbonyl (C=O) groups excluding carboxylic acids is 3. The molecule has 1 aromatic rings. The van der Waals surface area contributed by atoms with Gasteiger partial charge in [0.25, 0.3) is 5.91 Å². The van der Waals surface area contributed by atoms with Crippen LogP contribution in [0.5, 0.6) is 0 Å². The maximum Gasteiger partial charge on any atom is 0.289 e. The Labute approximate surface area is 116 Å². The lowest BCUT2D eigenvalue weighted by Gasteiger charge is -2.33. The molecule has 0 radical (unpaired) electrons. The topological polar surface area (TPSA) is 82.9 Å². The molecular weight excluding hydrogens is 262 g/mol. The highest BCUT2D eigenvalue weighted by Crippen LogP contribution is 2.07. The van der Waals surface area contributed by atoms with E-state index >= 15 is 0 Å². The summed E-state index contributed by atoms with van der Waals surface area (Å²) in [5.74, 6) is -0.610. The molecule has 3 amide bonds. The van der Waals surface area contributed by atoms with Crippen LogP contribution in [0.15, 0.2) is 22.8 Å². The molecular formula is C13H17N3O4. The second kappa shape index (κ2) is 5.77. The molecule has 0 aromatic carbocycles. The average molecular weight is 279 g/mol. The van der Waals surface area contributed by atoms with Gasteiger partial charge in [-0.15, -0.1) is 0 Å². The molecule has 7 heteroatoms. The molecule has 1 N–H and O–H groups in total. The monoisotopic (exact) mass is 279 g/mol. The van der Waals surface area contributed by atoms with Crippen molar-refractivity contribution in [3.63, 3.8) is 0 Å². The molecule has 1 atom stereocenters. The van der Waals surface area contributed by atoms with Crippen molar-refractivity contribution in [2.45, 2.75) is 13.0 Å². The van der Waals surface area contributed by atoms with Gasteiger partial charge < -0.3 is 19.5 Å². The molecule has 108 valence electrons. The summed E-state index contributed by atoms with van der Waals surface area (Å²) in [5.41, 5.74) is 0. The molecule has 2 heterocycles. The van der Waals surface area contributed by atoms with Crippen molar-refractivity contribution in [3.05, 3.63) is 24.2 Å². The smallest absolute Gasteiger partial charge is 0.289 e. The summed E-state index contributed by atoms with van der Waals surface area (Å²) < 4.78 is 5.00. The zero-order valence-electron chi connectivity index (χ0n) is 11.5. The Morgan fingerprint density at radius 2 is 2.30 bits per heavy atom. The van der Waals surface area contributed by atoms with Crippen LogP contribution in [0.1, 0.15) is 17.5 Å². The molecule has 2 rings (SSSR count). The van der Waals surface area contributed by atoms with Crippen molar-refractivity contribution in [2.75, 3.05) is 26.7 Å². The van der Waals surface area contributed by atoms with Crippen molar-refractivity contribution in [1.29, 1.82) is 0 Å². The van der Waals surface area contributed by atoms with Crippen LogP contribution in [0, 0.1) is 0 Å². The molecule has 1 saturated heterocycles. The number of nitrogens with one attached hydrogen (secondary N) is 1. The van der Waals surface area contributed by atoms with Crippen LogP contribution in [-0.4, -0.2) is 60.2 Å². The minimum absolute atomic E-state index is 0.0862. The fourth-order valence-electron chi connectivity index (χ4n) is 2.08. The molecule has 0 bridgehead atoms. The highest BCUT2D eigenvalue weighted by molar-refractivity contribution is 5.95. The predicted molar refractivity (Wildman–Crippen MR) is 69.9 cm³/mol. The molecule has 1 aliphatic rings. The second-order valence-electron chi connectivity index (χ2n) is 4.69.